The van der Waals surface area contributed by atoms with Crippen LogP contribution in [0.4, 0.5) is 0 Å². The topological polar surface area (TPSA) is 101 Å². The number of fused-ring (bicyclic) bond motifs is 1. The minimum Gasteiger partial charge on any atom is -0.484 e. The molecule has 0 unspecified atom stereocenters. The molecular weight excluding hydrogens is 410 g/mol. The second kappa shape index (κ2) is 11.1. The van der Waals surface area contributed by atoms with Gasteiger partial charge in [-0.1, -0.05) is 6.92 Å². The van der Waals surface area contributed by atoms with Crippen LogP contribution in [0.2, 0.25) is 0 Å². The molecule has 0 aromatic carbocycles. The number of H-pyrrole nitrogens is 1. The predicted octanol–water partition coefficient (Wildman–Crippen LogP) is 2.97. The lowest BCUT2D eigenvalue weighted by Crippen LogP contribution is -2.32. The van der Waals surface area contributed by atoms with Crippen molar-refractivity contribution in [1.82, 2.24) is 19.5 Å². The van der Waals surface area contributed by atoms with Gasteiger partial charge >= 0.3 is 0 Å². The Hall–Kier alpha value is -2.94. The fraction of sp³-hybridized carbons (Fsp3) is 0.565. The first-order chi connectivity index (χ1) is 15.5. The van der Waals surface area contributed by atoms with E-state index in [0.29, 0.717) is 37.7 Å². The number of methoxy groups -OCH3 is 2. The highest BCUT2D eigenvalue weighted by molar-refractivity contribution is 5.87. The lowest BCUT2D eigenvalue weighted by molar-refractivity contribution is -0.119. The van der Waals surface area contributed by atoms with Crippen molar-refractivity contribution in [2.24, 2.45) is 4.99 Å². The minimum atomic E-state index is -0.170. The number of hydrogen-bond acceptors (Lipinski definition) is 6. The molecule has 2 aromatic heterocycles. The number of aromatic amines is 1. The number of nitrogens with one attached hydrogen (secondary N) is 1. The molecule has 0 saturated carbocycles. The van der Waals surface area contributed by atoms with E-state index >= 15 is 0 Å². The van der Waals surface area contributed by atoms with Gasteiger partial charge in [0.1, 0.15) is 5.65 Å². The summed E-state index contributed by atoms with van der Waals surface area (Å²) < 4.78 is 12.5. The van der Waals surface area contributed by atoms with E-state index in [2.05, 4.69) is 17.0 Å². The van der Waals surface area contributed by atoms with Crippen LogP contribution in [0.3, 0.4) is 0 Å². The van der Waals surface area contributed by atoms with E-state index in [0.717, 1.165) is 54.6 Å². The van der Waals surface area contributed by atoms with Gasteiger partial charge in [-0.3, -0.25) is 9.59 Å². The van der Waals surface area contributed by atoms with Gasteiger partial charge in [0.25, 0.3) is 5.56 Å². The van der Waals surface area contributed by atoms with E-state index in [1.807, 2.05) is 11.4 Å². The van der Waals surface area contributed by atoms with Gasteiger partial charge in [0.2, 0.25) is 6.41 Å². The zero-order valence-electron chi connectivity index (χ0n) is 19.4. The highest BCUT2D eigenvalue weighted by Gasteiger charge is 2.24. The van der Waals surface area contributed by atoms with Gasteiger partial charge in [-0.2, -0.15) is 5.10 Å². The standard InChI is InChI=1S/C23H33N5O4/c1-5-16(2)22(26-21(32-4)7-6-12-31-3)18-14-24-28-19(13-20(30)25-23(18)28)17-8-10-27(15-29)11-9-17/h13-15,17H,5-12H2,1-4H3,(H,25,30)/b22-16+,26-21?. The Kier molecular flexibility index (Phi) is 8.21. The molecule has 0 atom stereocenters. The Morgan fingerprint density at radius 1 is 1.34 bits per heavy atom. The maximum absolute atomic E-state index is 12.6. The second-order valence-corrected chi connectivity index (χ2v) is 8.08. The summed E-state index contributed by atoms with van der Waals surface area (Å²) in [7, 11) is 3.29. The number of carbonyl (C=O) groups excluding carboxylic acids is 1. The molecule has 9 nitrogen and oxygen atoms in total. The average molecular weight is 444 g/mol. The third kappa shape index (κ3) is 5.27. The summed E-state index contributed by atoms with van der Waals surface area (Å²) in [6.45, 7) is 6.09. The molecule has 2 aromatic rings. The third-order valence-corrected chi connectivity index (χ3v) is 6.03. The van der Waals surface area contributed by atoms with Crippen LogP contribution in [0.25, 0.3) is 11.3 Å². The number of piperidine rings is 1. The smallest absolute Gasteiger partial charge is 0.251 e. The number of allylic oxidation sites excluding steroid dienone is 1. The fourth-order valence-electron chi connectivity index (χ4n) is 4.03. The summed E-state index contributed by atoms with van der Waals surface area (Å²) in [5.41, 5.74) is 3.94. The Labute approximate surface area is 188 Å². The predicted molar refractivity (Wildman–Crippen MR) is 124 cm³/mol. The highest BCUT2D eigenvalue weighted by atomic mass is 16.5. The van der Waals surface area contributed by atoms with Crippen molar-refractivity contribution in [3.8, 4) is 0 Å². The highest BCUT2D eigenvalue weighted by Crippen LogP contribution is 2.30. The number of carbonyl (C=O) groups is 1. The van der Waals surface area contributed by atoms with Gasteiger partial charge in [0.05, 0.1) is 30.3 Å². The summed E-state index contributed by atoms with van der Waals surface area (Å²) in [5, 5.41) is 4.62. The largest absolute Gasteiger partial charge is 0.484 e. The van der Waals surface area contributed by atoms with E-state index in [1.165, 1.54) is 0 Å². The van der Waals surface area contributed by atoms with Crippen molar-refractivity contribution < 1.29 is 14.3 Å². The van der Waals surface area contributed by atoms with E-state index in [4.69, 9.17) is 14.5 Å². The summed E-state index contributed by atoms with van der Waals surface area (Å²) in [6, 6.07) is 1.62. The normalized spacial score (nSPS) is 16.4. The van der Waals surface area contributed by atoms with Gasteiger partial charge in [-0.15, -0.1) is 0 Å². The summed E-state index contributed by atoms with van der Waals surface area (Å²) in [5.74, 6) is 0.777. The first-order valence-corrected chi connectivity index (χ1v) is 11.1. The van der Waals surface area contributed by atoms with Crippen molar-refractivity contribution >= 4 is 23.7 Å². The van der Waals surface area contributed by atoms with E-state index in [1.54, 1.807) is 31.4 Å². The molecule has 1 aliphatic heterocycles. The molecule has 9 heteroatoms. The summed E-state index contributed by atoms with van der Waals surface area (Å²) >= 11 is 0. The van der Waals surface area contributed by atoms with Crippen molar-refractivity contribution in [3.05, 3.63) is 39.4 Å². The lowest BCUT2D eigenvalue weighted by Gasteiger charge is -2.29. The summed E-state index contributed by atoms with van der Waals surface area (Å²) in [4.78, 5) is 33.2. The number of likely N-dealkylation sites (tertiary alicyclic amines) is 1. The van der Waals surface area contributed by atoms with Crippen molar-refractivity contribution in [3.63, 3.8) is 0 Å². The molecular formula is C23H33N5O4. The van der Waals surface area contributed by atoms with Crippen LogP contribution in [-0.2, 0) is 14.3 Å². The molecule has 1 N–H and O–H groups in total. The number of aromatic nitrogens is 3. The fourth-order valence-corrected chi connectivity index (χ4v) is 4.03. The van der Waals surface area contributed by atoms with E-state index in [-0.39, 0.29) is 11.5 Å². The third-order valence-electron chi connectivity index (χ3n) is 6.03. The molecule has 1 amide bonds. The number of aliphatic imine (C=N–C) groups is 1. The molecule has 3 rings (SSSR count). The van der Waals surface area contributed by atoms with Gasteiger partial charge < -0.3 is 19.4 Å². The Morgan fingerprint density at radius 2 is 2.09 bits per heavy atom. The van der Waals surface area contributed by atoms with E-state index in [9.17, 15) is 9.59 Å². The van der Waals surface area contributed by atoms with Crippen LogP contribution in [-0.4, -0.2) is 65.7 Å². The Balaban J connectivity index is 2.04. The quantitative estimate of drug-likeness (QED) is 0.278. The van der Waals surface area contributed by atoms with Crippen LogP contribution < -0.4 is 5.56 Å². The summed E-state index contributed by atoms with van der Waals surface area (Å²) in [6.07, 6.45) is 6.51. The maximum atomic E-state index is 12.6. The molecule has 0 aliphatic carbocycles. The zero-order valence-corrected chi connectivity index (χ0v) is 19.4. The van der Waals surface area contributed by atoms with Crippen LogP contribution in [0.5, 0.6) is 0 Å². The van der Waals surface area contributed by atoms with Crippen molar-refractivity contribution in [2.75, 3.05) is 33.9 Å². The number of ether oxygens (including phenoxy) is 2. The molecule has 32 heavy (non-hydrogen) atoms. The first-order valence-electron chi connectivity index (χ1n) is 11.1. The van der Waals surface area contributed by atoms with Crippen LogP contribution in [0, 0.1) is 0 Å². The molecule has 1 fully saturated rings. The second-order valence-electron chi connectivity index (χ2n) is 8.08. The molecule has 174 valence electrons. The van der Waals surface area contributed by atoms with Crippen LogP contribution in [0.1, 0.15) is 63.1 Å². The molecule has 1 aliphatic rings. The molecule has 0 radical (unpaired) electrons. The van der Waals surface area contributed by atoms with Gasteiger partial charge in [-0.05, 0) is 38.2 Å². The first kappa shape index (κ1) is 23.7. The zero-order chi connectivity index (χ0) is 23.1. The molecule has 1 saturated heterocycles. The SMILES string of the molecule is CC/C(C)=C(/N=C(CCCOC)OC)c1cnn2c(C3CCN(C=O)CC3)cc(=O)[nH]c12. The van der Waals surface area contributed by atoms with Gasteiger partial charge in [-0.25, -0.2) is 9.51 Å². The van der Waals surface area contributed by atoms with Gasteiger partial charge in [0.15, 0.2) is 5.90 Å². The lowest BCUT2D eigenvalue weighted by atomic mass is 9.93. The monoisotopic (exact) mass is 443 g/mol. The van der Waals surface area contributed by atoms with Gasteiger partial charge in [0, 0.05) is 45.2 Å². The minimum absolute atomic E-state index is 0.163. The number of rotatable bonds is 9. The Morgan fingerprint density at radius 3 is 2.72 bits per heavy atom. The number of hydrogen-bond donors (Lipinski definition) is 1. The van der Waals surface area contributed by atoms with Crippen LogP contribution in [0.15, 0.2) is 27.6 Å². The molecule has 0 bridgehead atoms. The van der Waals surface area contributed by atoms with Crippen molar-refractivity contribution in [2.45, 2.75) is 51.9 Å². The van der Waals surface area contributed by atoms with Crippen LogP contribution >= 0.6 is 0 Å². The number of amides is 1. The van der Waals surface area contributed by atoms with Crippen molar-refractivity contribution in [1.29, 1.82) is 0 Å². The van der Waals surface area contributed by atoms with E-state index < -0.39 is 0 Å². The number of nitrogens with zero attached hydrogens (tertiary/aromatic N) is 4. The molecule has 0 spiro atoms. The molecule has 3 heterocycles. The average Bonchev–Trinajstić information content (AvgIpc) is 3.23. The maximum Gasteiger partial charge on any atom is 0.251 e. The Bertz CT molecular complexity index is 1040.